The van der Waals surface area contributed by atoms with E-state index in [-0.39, 0.29) is 6.04 Å². The van der Waals surface area contributed by atoms with Crippen LogP contribution in [0.25, 0.3) is 0 Å². The Bertz CT molecular complexity index is 443. The van der Waals surface area contributed by atoms with Crippen molar-refractivity contribution in [3.8, 4) is 0 Å². The summed E-state index contributed by atoms with van der Waals surface area (Å²) in [6.45, 7) is 5.12. The Morgan fingerprint density at radius 1 is 1.15 bits per heavy atom. The molecule has 1 aromatic rings. The van der Waals surface area contributed by atoms with Crippen LogP contribution in [0.15, 0.2) is 0 Å². The maximum atomic E-state index is 6.29. The lowest BCUT2D eigenvalue weighted by atomic mass is 10.2. The van der Waals surface area contributed by atoms with Crippen LogP contribution in [0.3, 0.4) is 0 Å². The molecule has 0 aromatic carbocycles. The molecule has 0 saturated carbocycles. The smallest absolute Gasteiger partial charge is 0.150 e. The molecule has 4 nitrogen and oxygen atoms in total. The molecule has 1 aliphatic heterocycles. The van der Waals surface area contributed by atoms with Gasteiger partial charge in [-0.25, -0.2) is 9.97 Å². The van der Waals surface area contributed by atoms with Gasteiger partial charge in [0, 0.05) is 12.1 Å². The van der Waals surface area contributed by atoms with Crippen LogP contribution >= 0.6 is 23.2 Å². The summed E-state index contributed by atoms with van der Waals surface area (Å²) in [5.74, 6) is 0.733. The predicted molar refractivity (Wildman–Crippen MR) is 83.5 cm³/mol. The lowest BCUT2D eigenvalue weighted by Crippen LogP contribution is -2.32. The van der Waals surface area contributed by atoms with E-state index in [4.69, 9.17) is 23.2 Å². The third kappa shape index (κ3) is 3.61. The lowest BCUT2D eigenvalue weighted by Gasteiger charge is -2.26. The van der Waals surface area contributed by atoms with E-state index >= 15 is 0 Å². The normalized spacial score (nSPS) is 21.9. The Hall–Kier alpha value is -0.420. The third-order valence-electron chi connectivity index (χ3n) is 3.79. The van der Waals surface area contributed by atoms with Crippen LogP contribution in [0.4, 0.5) is 0 Å². The zero-order chi connectivity index (χ0) is 14.7. The van der Waals surface area contributed by atoms with E-state index < -0.39 is 0 Å². The van der Waals surface area contributed by atoms with Crippen molar-refractivity contribution in [1.29, 1.82) is 0 Å². The van der Waals surface area contributed by atoms with Crippen molar-refractivity contribution in [2.24, 2.45) is 0 Å². The largest absolute Gasteiger partial charge is 0.304 e. The van der Waals surface area contributed by atoms with Gasteiger partial charge in [0.25, 0.3) is 0 Å². The van der Waals surface area contributed by atoms with Gasteiger partial charge < -0.3 is 4.90 Å². The van der Waals surface area contributed by atoms with Crippen LogP contribution in [0.5, 0.6) is 0 Å². The minimum absolute atomic E-state index is 0.146. The Kier molecular flexibility index (Phi) is 5.61. The average molecular weight is 317 g/mol. The second-order valence-corrected chi connectivity index (χ2v) is 6.22. The number of hydrogen-bond donors (Lipinski definition) is 0. The topological polar surface area (TPSA) is 32.3 Å². The first-order valence-corrected chi connectivity index (χ1v) is 7.89. The number of hydrogen-bond acceptors (Lipinski definition) is 4. The van der Waals surface area contributed by atoms with Gasteiger partial charge in [-0.05, 0) is 40.0 Å². The molecule has 0 N–H and O–H groups in total. The highest BCUT2D eigenvalue weighted by Crippen LogP contribution is 2.27. The standard InChI is InChI=1S/C14H22Cl2N4/c1-4-6-10-12(15)17-14(18-13(10)16)11-9-19(2)7-5-8-20(11)3/h11H,4-9H2,1-3H3. The van der Waals surface area contributed by atoms with E-state index in [9.17, 15) is 0 Å². The van der Waals surface area contributed by atoms with E-state index in [1.807, 2.05) is 0 Å². The van der Waals surface area contributed by atoms with Gasteiger partial charge in [-0.2, -0.15) is 0 Å². The lowest BCUT2D eigenvalue weighted by molar-refractivity contribution is 0.219. The van der Waals surface area contributed by atoms with E-state index in [1.54, 1.807) is 0 Å². The van der Waals surface area contributed by atoms with Gasteiger partial charge in [-0.15, -0.1) is 0 Å². The summed E-state index contributed by atoms with van der Waals surface area (Å²) >= 11 is 12.6. The highest BCUT2D eigenvalue weighted by Gasteiger charge is 2.26. The molecule has 1 aliphatic rings. The molecule has 1 atom stereocenters. The van der Waals surface area contributed by atoms with Crippen molar-refractivity contribution >= 4 is 23.2 Å². The zero-order valence-electron chi connectivity index (χ0n) is 12.4. The maximum absolute atomic E-state index is 6.29. The van der Waals surface area contributed by atoms with Gasteiger partial charge in [0.1, 0.15) is 16.1 Å². The molecule has 0 aliphatic carbocycles. The first-order chi connectivity index (χ1) is 9.52. The molecule has 2 rings (SSSR count). The molecule has 1 unspecified atom stereocenters. The molecule has 0 radical (unpaired) electrons. The first kappa shape index (κ1) is 16.0. The minimum atomic E-state index is 0.146. The Labute approximate surface area is 131 Å². The van der Waals surface area contributed by atoms with Gasteiger partial charge in [0.2, 0.25) is 0 Å². The van der Waals surface area contributed by atoms with Crippen molar-refractivity contribution in [2.45, 2.75) is 32.2 Å². The third-order valence-corrected chi connectivity index (χ3v) is 4.41. The number of nitrogens with zero attached hydrogens (tertiary/aromatic N) is 4. The maximum Gasteiger partial charge on any atom is 0.150 e. The molecule has 20 heavy (non-hydrogen) atoms. The van der Waals surface area contributed by atoms with E-state index in [2.05, 4.69) is 40.8 Å². The van der Waals surface area contributed by atoms with Crippen LogP contribution in [0.2, 0.25) is 10.3 Å². The Morgan fingerprint density at radius 3 is 2.40 bits per heavy atom. The predicted octanol–water partition coefficient (Wildman–Crippen LogP) is 3.04. The van der Waals surface area contributed by atoms with Crippen LogP contribution in [-0.2, 0) is 6.42 Å². The summed E-state index contributed by atoms with van der Waals surface area (Å²) < 4.78 is 0. The summed E-state index contributed by atoms with van der Waals surface area (Å²) in [5, 5.41) is 1.00. The summed E-state index contributed by atoms with van der Waals surface area (Å²) in [4.78, 5) is 13.6. The average Bonchev–Trinajstić information content (AvgIpc) is 2.55. The van der Waals surface area contributed by atoms with Crippen molar-refractivity contribution in [2.75, 3.05) is 33.7 Å². The molecule has 1 saturated heterocycles. The number of likely N-dealkylation sites (N-methyl/N-ethyl adjacent to an activating group) is 2. The van der Waals surface area contributed by atoms with Gasteiger partial charge in [0.15, 0.2) is 0 Å². The zero-order valence-corrected chi connectivity index (χ0v) is 13.9. The summed E-state index contributed by atoms with van der Waals surface area (Å²) in [6.07, 6.45) is 2.95. The van der Waals surface area contributed by atoms with Gasteiger partial charge in [0.05, 0.1) is 6.04 Å². The van der Waals surface area contributed by atoms with Gasteiger partial charge in [-0.3, -0.25) is 4.90 Å². The first-order valence-electron chi connectivity index (χ1n) is 7.13. The molecular formula is C14H22Cl2N4. The molecule has 0 amide bonds. The van der Waals surface area contributed by atoms with E-state index in [0.29, 0.717) is 10.3 Å². The van der Waals surface area contributed by atoms with Crippen molar-refractivity contribution < 1.29 is 0 Å². The van der Waals surface area contributed by atoms with Gasteiger partial charge >= 0.3 is 0 Å². The van der Waals surface area contributed by atoms with Crippen LogP contribution in [-0.4, -0.2) is 53.5 Å². The quantitative estimate of drug-likeness (QED) is 0.802. The molecule has 6 heteroatoms. The summed E-state index contributed by atoms with van der Waals surface area (Å²) in [5.41, 5.74) is 0.865. The fraction of sp³-hybridized carbons (Fsp3) is 0.714. The number of halogens is 2. The second-order valence-electron chi connectivity index (χ2n) is 5.50. The Morgan fingerprint density at radius 2 is 1.80 bits per heavy atom. The molecule has 1 fully saturated rings. The van der Waals surface area contributed by atoms with Crippen molar-refractivity contribution in [1.82, 2.24) is 19.8 Å². The fourth-order valence-electron chi connectivity index (χ4n) is 2.60. The molecule has 1 aromatic heterocycles. The van der Waals surface area contributed by atoms with Crippen LogP contribution < -0.4 is 0 Å². The molecule has 112 valence electrons. The molecule has 0 bridgehead atoms. The highest BCUT2D eigenvalue weighted by atomic mass is 35.5. The monoisotopic (exact) mass is 316 g/mol. The van der Waals surface area contributed by atoms with Crippen molar-refractivity contribution in [3.63, 3.8) is 0 Å². The van der Waals surface area contributed by atoms with E-state index in [0.717, 1.165) is 50.3 Å². The Balaban J connectivity index is 2.31. The van der Waals surface area contributed by atoms with Crippen LogP contribution in [0.1, 0.15) is 37.2 Å². The minimum Gasteiger partial charge on any atom is -0.304 e. The number of aromatic nitrogens is 2. The SMILES string of the molecule is CCCc1c(Cl)nc(C2CN(C)CCCN2C)nc1Cl. The van der Waals surface area contributed by atoms with Crippen molar-refractivity contribution in [3.05, 3.63) is 21.7 Å². The summed E-state index contributed by atoms with van der Waals surface area (Å²) in [7, 11) is 4.23. The second kappa shape index (κ2) is 7.03. The number of rotatable bonds is 3. The molecule has 2 heterocycles. The summed E-state index contributed by atoms with van der Waals surface area (Å²) in [6, 6.07) is 0.146. The van der Waals surface area contributed by atoms with Gasteiger partial charge in [-0.1, -0.05) is 36.5 Å². The van der Waals surface area contributed by atoms with E-state index in [1.165, 1.54) is 0 Å². The molecule has 0 spiro atoms. The molecular weight excluding hydrogens is 295 g/mol. The fourth-order valence-corrected chi connectivity index (χ4v) is 3.19. The highest BCUT2D eigenvalue weighted by molar-refractivity contribution is 6.34. The van der Waals surface area contributed by atoms with Crippen LogP contribution in [0, 0.1) is 0 Å².